The van der Waals surface area contributed by atoms with Gasteiger partial charge in [-0.3, -0.25) is 0 Å². The third-order valence-electron chi connectivity index (χ3n) is 1.79. The van der Waals surface area contributed by atoms with Gasteiger partial charge in [0.15, 0.2) is 0 Å². The molecule has 0 aromatic carbocycles. The molecule has 0 N–H and O–H groups in total. The van der Waals surface area contributed by atoms with Gasteiger partial charge in [0.25, 0.3) is 0 Å². The Morgan fingerprint density at radius 2 is 2.17 bits per heavy atom. The van der Waals surface area contributed by atoms with Gasteiger partial charge in [0.1, 0.15) is 0 Å². The molecule has 0 radical (unpaired) electrons. The lowest BCUT2D eigenvalue weighted by atomic mass is 10.2. The van der Waals surface area contributed by atoms with Crippen molar-refractivity contribution >= 4 is 23.2 Å². The molecule has 12 heavy (non-hydrogen) atoms. The number of nitrogens with zero attached hydrogens (tertiary/aromatic N) is 2. The van der Waals surface area contributed by atoms with Crippen LogP contribution in [0.25, 0.3) is 0 Å². The van der Waals surface area contributed by atoms with Crippen LogP contribution in [0.1, 0.15) is 12.8 Å². The molecule has 1 fully saturated rings. The van der Waals surface area contributed by atoms with E-state index in [1.807, 2.05) is 0 Å². The van der Waals surface area contributed by atoms with Gasteiger partial charge in [0, 0.05) is 5.75 Å². The summed E-state index contributed by atoms with van der Waals surface area (Å²) >= 11 is -0.594. The van der Waals surface area contributed by atoms with Gasteiger partial charge in [-0.2, -0.15) is 4.40 Å². The molecule has 1 heterocycles. The van der Waals surface area contributed by atoms with Crippen LogP contribution >= 0.6 is 11.1 Å². The maximum Gasteiger partial charge on any atom is 0.245 e. The minimum absolute atomic E-state index is 0.0412. The molecule has 5 heteroatoms. The van der Waals surface area contributed by atoms with E-state index in [1.54, 1.807) is 12.2 Å². The number of hydrogen-bond acceptors (Lipinski definition) is 4. The first-order valence-corrected chi connectivity index (χ1v) is 5.43. The normalized spacial score (nSPS) is 31.3. The van der Waals surface area contributed by atoms with Gasteiger partial charge < -0.3 is 0 Å². The molecular weight excluding hydrogens is 176 g/mol. The summed E-state index contributed by atoms with van der Waals surface area (Å²) in [7, 11) is 0. The van der Waals surface area contributed by atoms with Gasteiger partial charge in [0.2, 0.25) is 12.2 Å². The molecule has 0 amide bonds. The molecule has 0 aliphatic carbocycles. The smallest absolute Gasteiger partial charge is 0.211 e. The van der Waals surface area contributed by atoms with Crippen LogP contribution in [0.5, 0.6) is 0 Å². The molecule has 0 bridgehead atoms. The van der Waals surface area contributed by atoms with Crippen LogP contribution in [0.4, 0.5) is 0 Å². The van der Waals surface area contributed by atoms with E-state index in [9.17, 15) is 9.59 Å². The summed E-state index contributed by atoms with van der Waals surface area (Å²) in [6.45, 7) is 0. The van der Waals surface area contributed by atoms with Crippen molar-refractivity contribution in [2.75, 3.05) is 11.5 Å². The standard InChI is InChI=1S/C7H10N2O2S/c10-5-8-7-2-1-3-12(4-7)9-6-11/h7,12H,1-4H2. The highest BCUT2D eigenvalue weighted by molar-refractivity contribution is 8.16. The van der Waals surface area contributed by atoms with Crippen LogP contribution in [-0.4, -0.2) is 29.7 Å². The highest BCUT2D eigenvalue weighted by atomic mass is 32.2. The lowest BCUT2D eigenvalue weighted by Crippen LogP contribution is -2.17. The van der Waals surface area contributed by atoms with E-state index in [0.29, 0.717) is 0 Å². The second-order valence-electron chi connectivity index (χ2n) is 2.62. The average molecular weight is 186 g/mol. The number of thiol groups is 1. The predicted molar refractivity (Wildman–Crippen MR) is 48.0 cm³/mol. The number of hydrogen-bond donors (Lipinski definition) is 1. The second kappa shape index (κ2) is 4.88. The Bertz CT molecular complexity index is 220. The zero-order chi connectivity index (χ0) is 8.81. The Kier molecular flexibility index (Phi) is 3.74. The summed E-state index contributed by atoms with van der Waals surface area (Å²) in [5, 5.41) is 0. The van der Waals surface area contributed by atoms with Crippen LogP contribution in [0.15, 0.2) is 9.39 Å². The molecule has 2 atom stereocenters. The Labute approximate surface area is 73.3 Å². The van der Waals surface area contributed by atoms with Crippen molar-refractivity contribution in [2.24, 2.45) is 9.39 Å². The van der Waals surface area contributed by atoms with E-state index in [4.69, 9.17) is 0 Å². The maximum absolute atomic E-state index is 9.95. The summed E-state index contributed by atoms with van der Waals surface area (Å²) in [5.74, 6) is 1.72. The topological polar surface area (TPSA) is 58.9 Å². The van der Waals surface area contributed by atoms with Crippen LogP contribution in [0, 0.1) is 0 Å². The molecule has 0 aromatic rings. The van der Waals surface area contributed by atoms with Crippen LogP contribution in [-0.2, 0) is 9.59 Å². The average Bonchev–Trinajstić information content (AvgIpc) is 2.06. The van der Waals surface area contributed by atoms with Crippen molar-refractivity contribution in [3.8, 4) is 0 Å². The van der Waals surface area contributed by atoms with Crippen LogP contribution in [0.2, 0.25) is 0 Å². The molecular formula is C7H10N2O2S. The Morgan fingerprint density at radius 1 is 1.33 bits per heavy atom. The summed E-state index contributed by atoms with van der Waals surface area (Å²) in [6, 6.07) is 0.0412. The fraction of sp³-hybridized carbons (Fsp3) is 0.714. The van der Waals surface area contributed by atoms with E-state index < -0.39 is 11.1 Å². The van der Waals surface area contributed by atoms with Gasteiger partial charge in [-0.05, 0) is 18.6 Å². The van der Waals surface area contributed by atoms with Gasteiger partial charge in [-0.15, -0.1) is 11.1 Å². The van der Waals surface area contributed by atoms with Crippen molar-refractivity contribution in [1.82, 2.24) is 0 Å². The van der Waals surface area contributed by atoms with Gasteiger partial charge in [0.05, 0.1) is 6.04 Å². The number of isocyanates is 2. The Hall–Kier alpha value is -0.890. The third-order valence-corrected chi connectivity index (χ3v) is 3.83. The second-order valence-corrected chi connectivity index (χ2v) is 4.65. The monoisotopic (exact) mass is 186 g/mol. The molecule has 1 saturated heterocycles. The van der Waals surface area contributed by atoms with E-state index in [1.165, 1.54) is 0 Å². The first-order valence-electron chi connectivity index (χ1n) is 3.76. The third kappa shape index (κ3) is 2.62. The van der Waals surface area contributed by atoms with Crippen molar-refractivity contribution in [3.05, 3.63) is 0 Å². The molecule has 2 unspecified atom stereocenters. The first kappa shape index (κ1) is 9.20. The lowest BCUT2D eigenvalue weighted by molar-refractivity contribution is 0.553. The van der Waals surface area contributed by atoms with Gasteiger partial charge in [-0.1, -0.05) is 0 Å². The van der Waals surface area contributed by atoms with Crippen molar-refractivity contribution in [2.45, 2.75) is 18.9 Å². The highest BCUT2D eigenvalue weighted by Crippen LogP contribution is 2.34. The van der Waals surface area contributed by atoms with Crippen molar-refractivity contribution in [3.63, 3.8) is 0 Å². The molecule has 1 rings (SSSR count). The van der Waals surface area contributed by atoms with Gasteiger partial charge in [-0.25, -0.2) is 14.6 Å². The number of aliphatic imine (C=N–C) groups is 1. The summed E-state index contributed by atoms with van der Waals surface area (Å²) in [4.78, 5) is 23.5. The quantitative estimate of drug-likeness (QED) is 0.393. The molecule has 0 saturated carbocycles. The summed E-state index contributed by atoms with van der Waals surface area (Å²) in [5.41, 5.74) is 0. The summed E-state index contributed by atoms with van der Waals surface area (Å²) in [6.07, 6.45) is 5.02. The fourth-order valence-corrected chi connectivity index (χ4v) is 3.04. The number of carbonyl (C=O) groups excluding carboxylic acids is 2. The minimum Gasteiger partial charge on any atom is -0.211 e. The number of rotatable bonds is 2. The Morgan fingerprint density at radius 3 is 2.83 bits per heavy atom. The molecule has 4 nitrogen and oxygen atoms in total. The molecule has 1 aliphatic rings. The lowest BCUT2D eigenvalue weighted by Gasteiger charge is -2.24. The van der Waals surface area contributed by atoms with Gasteiger partial charge >= 0.3 is 0 Å². The Balaban J connectivity index is 2.50. The van der Waals surface area contributed by atoms with E-state index >= 15 is 0 Å². The van der Waals surface area contributed by atoms with Crippen molar-refractivity contribution in [1.29, 1.82) is 0 Å². The van der Waals surface area contributed by atoms with Crippen molar-refractivity contribution < 1.29 is 9.59 Å². The van der Waals surface area contributed by atoms with E-state index in [2.05, 4.69) is 9.39 Å². The van der Waals surface area contributed by atoms with Crippen LogP contribution < -0.4 is 0 Å². The highest BCUT2D eigenvalue weighted by Gasteiger charge is 2.17. The molecule has 0 spiro atoms. The summed E-state index contributed by atoms with van der Waals surface area (Å²) < 4.78 is 3.69. The molecule has 1 aliphatic heterocycles. The molecule has 66 valence electrons. The molecule has 0 aromatic heterocycles. The fourth-order valence-electron chi connectivity index (χ4n) is 1.26. The van der Waals surface area contributed by atoms with Crippen LogP contribution in [0.3, 0.4) is 0 Å². The first-order chi connectivity index (χ1) is 5.86. The largest absolute Gasteiger partial charge is 0.245 e. The minimum atomic E-state index is -0.594. The SMILES string of the molecule is O=C=NC1CCC[SH](N=C=O)C1. The predicted octanol–water partition coefficient (Wildman–Crippen LogP) is 0.737. The zero-order valence-corrected chi connectivity index (χ0v) is 7.46. The maximum atomic E-state index is 9.95. The zero-order valence-electron chi connectivity index (χ0n) is 6.56. The van der Waals surface area contributed by atoms with E-state index in [-0.39, 0.29) is 6.04 Å². The van der Waals surface area contributed by atoms with E-state index in [0.717, 1.165) is 24.3 Å².